The summed E-state index contributed by atoms with van der Waals surface area (Å²) in [5.74, 6) is 1.00. The van der Waals surface area contributed by atoms with Gasteiger partial charge in [0.2, 0.25) is 5.72 Å². The molecule has 5 rings (SSSR count). The SMILES string of the molecule is CCCN1CCC2(CC1)Oc1ccccc1[C@H]1CC(c3ccc(Cl)c(Cl)c3)=NN12. The Morgan fingerprint density at radius 3 is 2.66 bits per heavy atom. The number of piperidine rings is 1. The zero-order valence-corrected chi connectivity index (χ0v) is 18.1. The Morgan fingerprint density at radius 1 is 1.10 bits per heavy atom. The molecule has 1 saturated heterocycles. The molecule has 4 nitrogen and oxygen atoms in total. The maximum Gasteiger partial charge on any atom is 0.200 e. The topological polar surface area (TPSA) is 28.1 Å². The van der Waals surface area contributed by atoms with Crippen LogP contribution in [0.5, 0.6) is 5.75 Å². The number of hydrogen-bond donors (Lipinski definition) is 0. The Labute approximate surface area is 182 Å². The molecule has 0 N–H and O–H groups in total. The molecule has 0 amide bonds. The molecule has 2 aromatic rings. The molecule has 152 valence electrons. The van der Waals surface area contributed by atoms with Crippen molar-refractivity contribution in [1.82, 2.24) is 9.91 Å². The summed E-state index contributed by atoms with van der Waals surface area (Å²) in [5, 5.41) is 8.48. The third-order valence-corrected chi connectivity index (χ3v) is 7.07. The summed E-state index contributed by atoms with van der Waals surface area (Å²) in [5.41, 5.74) is 2.92. The quantitative estimate of drug-likeness (QED) is 0.622. The van der Waals surface area contributed by atoms with E-state index in [0.29, 0.717) is 10.0 Å². The van der Waals surface area contributed by atoms with Crippen LogP contribution >= 0.6 is 23.2 Å². The van der Waals surface area contributed by atoms with Crippen molar-refractivity contribution < 1.29 is 4.74 Å². The Balaban J connectivity index is 1.52. The van der Waals surface area contributed by atoms with Crippen LogP contribution in [-0.4, -0.2) is 41.0 Å². The van der Waals surface area contributed by atoms with Crippen molar-refractivity contribution in [2.75, 3.05) is 19.6 Å². The average molecular weight is 430 g/mol. The maximum absolute atomic E-state index is 6.67. The molecule has 3 heterocycles. The summed E-state index contributed by atoms with van der Waals surface area (Å²) in [6.45, 7) is 5.46. The van der Waals surface area contributed by atoms with Gasteiger partial charge in [-0.05, 0) is 36.7 Å². The van der Waals surface area contributed by atoms with Gasteiger partial charge in [0.05, 0.1) is 21.8 Å². The lowest BCUT2D eigenvalue weighted by atomic mass is 9.90. The van der Waals surface area contributed by atoms with Crippen molar-refractivity contribution >= 4 is 28.9 Å². The first kappa shape index (κ1) is 19.2. The number of hydrogen-bond acceptors (Lipinski definition) is 4. The van der Waals surface area contributed by atoms with Gasteiger partial charge in [0, 0.05) is 37.9 Å². The number of benzene rings is 2. The lowest BCUT2D eigenvalue weighted by Crippen LogP contribution is -2.59. The Hall–Kier alpha value is -1.75. The van der Waals surface area contributed by atoms with Crippen LogP contribution in [0.4, 0.5) is 0 Å². The first-order valence-corrected chi connectivity index (χ1v) is 11.2. The van der Waals surface area contributed by atoms with Crippen molar-refractivity contribution in [3.63, 3.8) is 0 Å². The lowest BCUT2D eigenvalue weighted by Gasteiger charge is -2.51. The van der Waals surface area contributed by atoms with Gasteiger partial charge >= 0.3 is 0 Å². The molecule has 0 aliphatic carbocycles. The van der Waals surface area contributed by atoms with Gasteiger partial charge in [0.1, 0.15) is 5.75 Å². The predicted octanol–water partition coefficient (Wildman–Crippen LogP) is 5.74. The van der Waals surface area contributed by atoms with Crippen LogP contribution in [0.2, 0.25) is 10.0 Å². The van der Waals surface area contributed by atoms with E-state index >= 15 is 0 Å². The van der Waals surface area contributed by atoms with E-state index in [1.807, 2.05) is 18.2 Å². The number of fused-ring (bicyclic) bond motifs is 4. The van der Waals surface area contributed by atoms with Gasteiger partial charge in [-0.3, -0.25) is 0 Å². The molecule has 0 radical (unpaired) electrons. The molecule has 0 bridgehead atoms. The van der Waals surface area contributed by atoms with Gasteiger partial charge < -0.3 is 9.64 Å². The zero-order chi connectivity index (χ0) is 20.0. The molecule has 0 aromatic heterocycles. The molecule has 3 aliphatic heterocycles. The summed E-state index contributed by atoms with van der Waals surface area (Å²) < 4.78 is 6.67. The number of halogens is 2. The molecule has 1 fully saturated rings. The fourth-order valence-electron chi connectivity index (χ4n) is 4.85. The molecule has 0 saturated carbocycles. The smallest absolute Gasteiger partial charge is 0.200 e. The molecule has 1 atom stereocenters. The molecule has 3 aliphatic rings. The van der Waals surface area contributed by atoms with E-state index < -0.39 is 0 Å². The first-order chi connectivity index (χ1) is 14.1. The van der Waals surface area contributed by atoms with Crippen LogP contribution in [0.25, 0.3) is 0 Å². The number of ether oxygens (including phenoxy) is 1. The fraction of sp³-hybridized carbons (Fsp3) is 0.435. The van der Waals surface area contributed by atoms with Crippen LogP contribution < -0.4 is 4.74 Å². The second-order valence-corrected chi connectivity index (χ2v) is 8.98. The number of rotatable bonds is 3. The van der Waals surface area contributed by atoms with E-state index in [2.05, 4.69) is 41.1 Å². The van der Waals surface area contributed by atoms with E-state index in [9.17, 15) is 0 Å². The van der Waals surface area contributed by atoms with Gasteiger partial charge in [-0.15, -0.1) is 0 Å². The Bertz CT molecular complexity index is 953. The van der Waals surface area contributed by atoms with E-state index in [0.717, 1.165) is 55.9 Å². The lowest BCUT2D eigenvalue weighted by molar-refractivity contribution is -0.149. The van der Waals surface area contributed by atoms with Crippen LogP contribution in [0.3, 0.4) is 0 Å². The van der Waals surface area contributed by atoms with Gasteiger partial charge in [-0.25, -0.2) is 5.01 Å². The Kier molecular flexibility index (Phi) is 4.97. The number of hydrazone groups is 1. The highest BCUT2D eigenvalue weighted by molar-refractivity contribution is 6.42. The molecule has 29 heavy (non-hydrogen) atoms. The van der Waals surface area contributed by atoms with E-state index in [-0.39, 0.29) is 11.8 Å². The van der Waals surface area contributed by atoms with Crippen LogP contribution in [-0.2, 0) is 0 Å². The van der Waals surface area contributed by atoms with Crippen LogP contribution in [0.1, 0.15) is 49.8 Å². The number of nitrogens with zero attached hydrogens (tertiary/aromatic N) is 3. The standard InChI is InChI=1S/C23H25Cl2N3O/c1-2-11-27-12-9-23(10-13-27)28-21(17-5-3-4-6-22(17)29-23)15-20(26-28)16-7-8-18(24)19(25)14-16/h3-8,14,21H,2,9-13,15H2,1H3/t21-/m1/s1. The van der Waals surface area contributed by atoms with Crippen molar-refractivity contribution in [3.05, 3.63) is 63.6 Å². The highest BCUT2D eigenvalue weighted by Gasteiger charge is 2.51. The molecular weight excluding hydrogens is 405 g/mol. The van der Waals surface area contributed by atoms with Crippen LogP contribution in [0.15, 0.2) is 47.6 Å². The summed E-state index contributed by atoms with van der Waals surface area (Å²) >= 11 is 12.4. The van der Waals surface area contributed by atoms with Gasteiger partial charge in [0.25, 0.3) is 0 Å². The monoisotopic (exact) mass is 429 g/mol. The summed E-state index contributed by atoms with van der Waals surface area (Å²) in [6.07, 6.45) is 3.94. The maximum atomic E-state index is 6.67. The molecule has 0 unspecified atom stereocenters. The number of likely N-dealkylation sites (tertiary alicyclic amines) is 1. The normalized spacial score (nSPS) is 22.8. The van der Waals surface area contributed by atoms with E-state index in [4.69, 9.17) is 33.0 Å². The van der Waals surface area contributed by atoms with Gasteiger partial charge in [0.15, 0.2) is 0 Å². The van der Waals surface area contributed by atoms with E-state index in [1.165, 1.54) is 12.0 Å². The Morgan fingerprint density at radius 2 is 1.90 bits per heavy atom. The summed E-state index contributed by atoms with van der Waals surface area (Å²) in [6, 6.07) is 14.4. The average Bonchev–Trinajstić information content (AvgIpc) is 3.19. The van der Waals surface area contributed by atoms with Crippen molar-refractivity contribution in [3.8, 4) is 5.75 Å². The molecular formula is C23H25Cl2N3O. The van der Waals surface area contributed by atoms with E-state index in [1.54, 1.807) is 0 Å². The minimum absolute atomic E-state index is 0.196. The van der Waals surface area contributed by atoms with Crippen molar-refractivity contribution in [2.24, 2.45) is 5.10 Å². The predicted molar refractivity (Wildman–Crippen MR) is 118 cm³/mol. The highest BCUT2D eigenvalue weighted by Crippen LogP contribution is 2.50. The summed E-state index contributed by atoms with van der Waals surface area (Å²) in [7, 11) is 0. The zero-order valence-electron chi connectivity index (χ0n) is 16.6. The minimum atomic E-state index is -0.374. The molecule has 6 heteroatoms. The fourth-order valence-corrected chi connectivity index (χ4v) is 5.15. The highest BCUT2D eigenvalue weighted by atomic mass is 35.5. The first-order valence-electron chi connectivity index (χ1n) is 10.4. The second-order valence-electron chi connectivity index (χ2n) is 8.17. The largest absolute Gasteiger partial charge is 0.466 e. The minimum Gasteiger partial charge on any atom is -0.466 e. The number of para-hydroxylation sites is 1. The van der Waals surface area contributed by atoms with Crippen LogP contribution in [0, 0.1) is 0 Å². The van der Waals surface area contributed by atoms with Crippen molar-refractivity contribution in [2.45, 2.75) is 44.4 Å². The van der Waals surface area contributed by atoms with Gasteiger partial charge in [-0.1, -0.05) is 54.4 Å². The second kappa shape index (κ2) is 7.50. The van der Waals surface area contributed by atoms with Gasteiger partial charge in [-0.2, -0.15) is 5.10 Å². The molecule has 1 spiro atoms. The molecule has 2 aromatic carbocycles. The van der Waals surface area contributed by atoms with Crippen molar-refractivity contribution in [1.29, 1.82) is 0 Å². The summed E-state index contributed by atoms with van der Waals surface area (Å²) in [4.78, 5) is 2.53. The third-order valence-electron chi connectivity index (χ3n) is 6.34. The third kappa shape index (κ3) is 3.31.